The maximum atomic E-state index is 3.74. The molecule has 1 nitrogen and oxygen atoms in total. The van der Waals surface area contributed by atoms with E-state index in [1.165, 1.54) is 0 Å². The number of aromatic nitrogens is 1. The highest BCUT2D eigenvalue weighted by Crippen LogP contribution is 2.05. The summed E-state index contributed by atoms with van der Waals surface area (Å²) in [5.74, 6) is 0. The molecule has 0 atom stereocenters. The quantitative estimate of drug-likeness (QED) is 0.459. The second kappa shape index (κ2) is 4.65. The molecule has 0 bridgehead atoms. The zero-order valence-electron chi connectivity index (χ0n) is 7.32. The summed E-state index contributed by atoms with van der Waals surface area (Å²) in [6.45, 7) is 7.99. The fraction of sp³-hybridized carbons (Fsp3) is 0.200. The van der Waals surface area contributed by atoms with Gasteiger partial charge in [-0.25, -0.2) is 0 Å². The SMILES string of the molecule is C=CCB(CC=C)n1cccc1. The van der Waals surface area contributed by atoms with E-state index < -0.39 is 0 Å². The largest absolute Gasteiger partial charge is 0.397 e. The third-order valence-electron chi connectivity index (χ3n) is 1.93. The van der Waals surface area contributed by atoms with Gasteiger partial charge in [0.25, 0.3) is 6.85 Å². The van der Waals surface area contributed by atoms with Crippen LogP contribution in [0.2, 0.25) is 12.6 Å². The molecule has 0 amide bonds. The zero-order chi connectivity index (χ0) is 8.81. The van der Waals surface area contributed by atoms with Gasteiger partial charge in [-0.1, -0.05) is 12.2 Å². The zero-order valence-corrected chi connectivity index (χ0v) is 7.32. The monoisotopic (exact) mass is 159 g/mol. The van der Waals surface area contributed by atoms with Crippen molar-refractivity contribution in [2.75, 3.05) is 0 Å². The normalized spacial score (nSPS) is 9.33. The smallest absolute Gasteiger partial charge is 0.266 e. The van der Waals surface area contributed by atoms with Crippen molar-refractivity contribution >= 4 is 6.85 Å². The van der Waals surface area contributed by atoms with Crippen LogP contribution in [-0.4, -0.2) is 11.3 Å². The first-order valence-electron chi connectivity index (χ1n) is 4.22. The van der Waals surface area contributed by atoms with Gasteiger partial charge in [0.15, 0.2) is 0 Å². The molecule has 62 valence electrons. The Hall–Kier alpha value is -1.18. The lowest BCUT2D eigenvalue weighted by molar-refractivity contribution is 1.16. The molecule has 0 aromatic carbocycles. The van der Waals surface area contributed by atoms with Crippen LogP contribution in [0.3, 0.4) is 0 Å². The summed E-state index contributed by atoms with van der Waals surface area (Å²) in [4.78, 5) is 0. The molecule has 1 heterocycles. The molecular formula is C10H14BN. The van der Waals surface area contributed by atoms with Gasteiger partial charge in [0.05, 0.1) is 0 Å². The van der Waals surface area contributed by atoms with Gasteiger partial charge in [0.1, 0.15) is 0 Å². The first-order chi connectivity index (χ1) is 5.88. The maximum absolute atomic E-state index is 3.74. The topological polar surface area (TPSA) is 4.93 Å². The summed E-state index contributed by atoms with van der Waals surface area (Å²) >= 11 is 0. The molecule has 12 heavy (non-hydrogen) atoms. The van der Waals surface area contributed by atoms with Crippen molar-refractivity contribution < 1.29 is 0 Å². The fourth-order valence-electron chi connectivity index (χ4n) is 1.32. The third-order valence-corrected chi connectivity index (χ3v) is 1.93. The average molecular weight is 159 g/mol. The fourth-order valence-corrected chi connectivity index (χ4v) is 1.32. The van der Waals surface area contributed by atoms with Crippen LogP contribution in [0.1, 0.15) is 0 Å². The second-order valence-electron chi connectivity index (χ2n) is 2.83. The van der Waals surface area contributed by atoms with Crippen LogP contribution in [-0.2, 0) is 0 Å². The van der Waals surface area contributed by atoms with Crippen molar-refractivity contribution in [3.63, 3.8) is 0 Å². The molecule has 0 unspecified atom stereocenters. The molecule has 2 heteroatoms. The molecule has 1 aromatic rings. The molecular weight excluding hydrogens is 145 g/mol. The van der Waals surface area contributed by atoms with E-state index in [1.54, 1.807) is 0 Å². The highest BCUT2D eigenvalue weighted by Gasteiger charge is 2.10. The summed E-state index contributed by atoms with van der Waals surface area (Å²) in [5.41, 5.74) is 0. The molecule has 1 aromatic heterocycles. The van der Waals surface area contributed by atoms with Crippen LogP contribution in [0.15, 0.2) is 49.8 Å². The number of hydrogen-bond donors (Lipinski definition) is 0. The Morgan fingerprint density at radius 2 is 1.58 bits per heavy atom. The van der Waals surface area contributed by atoms with Crippen LogP contribution in [0.25, 0.3) is 0 Å². The average Bonchev–Trinajstić information content (AvgIpc) is 2.56. The van der Waals surface area contributed by atoms with Crippen LogP contribution >= 0.6 is 0 Å². The van der Waals surface area contributed by atoms with Crippen molar-refractivity contribution in [2.24, 2.45) is 0 Å². The number of nitrogens with zero attached hydrogens (tertiary/aromatic N) is 1. The van der Waals surface area contributed by atoms with Gasteiger partial charge in [-0.15, -0.1) is 13.2 Å². The minimum absolute atomic E-state index is 0.495. The Balaban J connectivity index is 2.65. The Morgan fingerprint density at radius 1 is 1.08 bits per heavy atom. The van der Waals surface area contributed by atoms with Gasteiger partial charge in [0.2, 0.25) is 0 Å². The van der Waals surface area contributed by atoms with Gasteiger partial charge in [-0.3, -0.25) is 0 Å². The maximum Gasteiger partial charge on any atom is 0.266 e. The Morgan fingerprint density at radius 3 is 2.00 bits per heavy atom. The molecule has 1 rings (SSSR count). The highest BCUT2D eigenvalue weighted by atomic mass is 14.9. The summed E-state index contributed by atoms with van der Waals surface area (Å²) < 4.78 is 2.20. The van der Waals surface area contributed by atoms with Crippen LogP contribution < -0.4 is 0 Å². The van der Waals surface area contributed by atoms with Crippen LogP contribution in [0, 0.1) is 0 Å². The predicted molar refractivity (Wildman–Crippen MR) is 55.6 cm³/mol. The molecule has 0 fully saturated rings. The summed E-state index contributed by atoms with van der Waals surface area (Å²) in [6, 6.07) is 4.08. The van der Waals surface area contributed by atoms with Crippen molar-refractivity contribution in [2.45, 2.75) is 12.6 Å². The van der Waals surface area contributed by atoms with Gasteiger partial charge < -0.3 is 4.48 Å². The van der Waals surface area contributed by atoms with Crippen LogP contribution in [0.4, 0.5) is 0 Å². The van der Waals surface area contributed by atoms with E-state index in [-0.39, 0.29) is 0 Å². The van der Waals surface area contributed by atoms with E-state index in [0.717, 1.165) is 12.6 Å². The molecule has 0 spiro atoms. The molecule has 0 radical (unpaired) electrons. The van der Waals surface area contributed by atoms with Gasteiger partial charge >= 0.3 is 0 Å². The third kappa shape index (κ3) is 2.16. The van der Waals surface area contributed by atoms with Gasteiger partial charge in [-0.2, -0.15) is 0 Å². The van der Waals surface area contributed by atoms with E-state index >= 15 is 0 Å². The van der Waals surface area contributed by atoms with Gasteiger partial charge in [0, 0.05) is 0 Å². The highest BCUT2D eigenvalue weighted by molar-refractivity contribution is 6.58. The number of allylic oxidation sites excluding steroid dienone is 2. The van der Waals surface area contributed by atoms with Crippen molar-refractivity contribution in [3.05, 3.63) is 49.8 Å². The van der Waals surface area contributed by atoms with Crippen molar-refractivity contribution in [1.29, 1.82) is 0 Å². The standard InChI is InChI=1S/C10H14BN/c1-3-7-11(8-4-2)12-9-5-6-10-12/h3-6,9-10H,1-2,7-8H2. The molecule has 0 N–H and O–H groups in total. The van der Waals surface area contributed by atoms with E-state index in [2.05, 4.69) is 30.0 Å². The predicted octanol–water partition coefficient (Wildman–Crippen LogP) is 2.70. The Kier molecular flexibility index (Phi) is 3.46. The minimum Gasteiger partial charge on any atom is -0.397 e. The first kappa shape index (κ1) is 8.92. The van der Waals surface area contributed by atoms with E-state index in [1.807, 2.05) is 24.3 Å². The Labute approximate surface area is 74.5 Å². The molecule has 0 aliphatic carbocycles. The van der Waals surface area contributed by atoms with Crippen LogP contribution in [0.5, 0.6) is 0 Å². The number of rotatable bonds is 5. The Bertz CT molecular complexity index is 228. The molecule has 0 saturated carbocycles. The second-order valence-corrected chi connectivity index (χ2v) is 2.83. The number of hydrogen-bond acceptors (Lipinski definition) is 0. The summed E-state index contributed by atoms with van der Waals surface area (Å²) in [6.07, 6.45) is 10.1. The first-order valence-corrected chi connectivity index (χ1v) is 4.22. The lowest BCUT2D eigenvalue weighted by Crippen LogP contribution is -2.20. The minimum atomic E-state index is 0.495. The summed E-state index contributed by atoms with van der Waals surface area (Å²) in [7, 11) is 0. The molecule has 0 aliphatic rings. The van der Waals surface area contributed by atoms with E-state index in [9.17, 15) is 0 Å². The van der Waals surface area contributed by atoms with Crippen molar-refractivity contribution in [1.82, 2.24) is 4.48 Å². The molecule has 0 saturated heterocycles. The summed E-state index contributed by atoms with van der Waals surface area (Å²) in [5, 5.41) is 0. The van der Waals surface area contributed by atoms with E-state index in [0.29, 0.717) is 6.85 Å². The lowest BCUT2D eigenvalue weighted by Gasteiger charge is -2.10. The van der Waals surface area contributed by atoms with E-state index in [4.69, 9.17) is 0 Å². The van der Waals surface area contributed by atoms with Gasteiger partial charge in [-0.05, 0) is 37.2 Å². The lowest BCUT2D eigenvalue weighted by atomic mass is 9.56. The molecule has 0 aliphatic heterocycles. The van der Waals surface area contributed by atoms with Crippen molar-refractivity contribution in [3.8, 4) is 0 Å².